The smallest absolute Gasteiger partial charge is 0.224 e. The minimum atomic E-state index is 0.0623. The number of hydrogen-bond acceptors (Lipinski definition) is 3. The molecule has 26 heavy (non-hydrogen) atoms. The van der Waals surface area contributed by atoms with Gasteiger partial charge >= 0.3 is 0 Å². The highest BCUT2D eigenvalue weighted by Crippen LogP contribution is 2.37. The Morgan fingerprint density at radius 2 is 1.96 bits per heavy atom. The van der Waals surface area contributed by atoms with E-state index in [9.17, 15) is 4.79 Å². The van der Waals surface area contributed by atoms with E-state index in [-0.39, 0.29) is 11.9 Å². The predicted octanol–water partition coefficient (Wildman–Crippen LogP) is 3.29. The highest BCUT2D eigenvalue weighted by Gasteiger charge is 2.42. The number of fused-ring (bicyclic) bond motifs is 2. The predicted molar refractivity (Wildman–Crippen MR) is 102 cm³/mol. The van der Waals surface area contributed by atoms with E-state index >= 15 is 0 Å². The molecule has 2 aliphatic rings. The van der Waals surface area contributed by atoms with E-state index in [2.05, 4.69) is 20.4 Å². The number of piperidine rings is 1. The van der Waals surface area contributed by atoms with Gasteiger partial charge in [0.25, 0.3) is 0 Å². The Morgan fingerprint density at radius 1 is 1.19 bits per heavy atom. The lowest BCUT2D eigenvalue weighted by atomic mass is 9.91. The lowest BCUT2D eigenvalue weighted by molar-refractivity contribution is -0.122. The number of rotatable bonds is 5. The molecule has 1 saturated heterocycles. The summed E-state index contributed by atoms with van der Waals surface area (Å²) >= 11 is 12.0. The lowest BCUT2D eigenvalue weighted by Gasteiger charge is -2.38. The van der Waals surface area contributed by atoms with Gasteiger partial charge in [-0.25, -0.2) is 0 Å². The summed E-state index contributed by atoms with van der Waals surface area (Å²) < 4.78 is 0. The van der Waals surface area contributed by atoms with E-state index in [1.807, 2.05) is 12.1 Å². The summed E-state index contributed by atoms with van der Waals surface area (Å²) in [5, 5.41) is 11.3. The molecule has 2 aromatic rings. The minimum absolute atomic E-state index is 0.0623. The molecule has 1 amide bonds. The molecule has 5 nitrogen and oxygen atoms in total. The van der Waals surface area contributed by atoms with Gasteiger partial charge in [0.05, 0.1) is 16.5 Å². The first kappa shape index (κ1) is 17.8. The first-order valence-electron chi connectivity index (χ1n) is 9.02. The van der Waals surface area contributed by atoms with Crippen LogP contribution in [-0.2, 0) is 17.8 Å². The summed E-state index contributed by atoms with van der Waals surface area (Å²) in [5.74, 6) is 1.11. The minimum Gasteiger partial charge on any atom is -0.352 e. The molecule has 3 atom stereocenters. The molecule has 1 aromatic carbocycles. The Kier molecular flexibility index (Phi) is 5.20. The van der Waals surface area contributed by atoms with Gasteiger partial charge in [-0.05, 0) is 48.4 Å². The fourth-order valence-electron chi connectivity index (χ4n) is 4.37. The van der Waals surface area contributed by atoms with Gasteiger partial charge in [0.1, 0.15) is 0 Å². The number of nitrogens with one attached hydrogen (secondary N) is 2. The molecule has 1 aliphatic heterocycles. The first-order valence-corrected chi connectivity index (χ1v) is 9.78. The van der Waals surface area contributed by atoms with Crippen LogP contribution in [0.3, 0.4) is 0 Å². The third-order valence-corrected chi connectivity index (χ3v) is 6.28. The Balaban J connectivity index is 1.34. The number of carbonyl (C=O) groups excluding carboxylic acids is 1. The third-order valence-electron chi connectivity index (χ3n) is 5.54. The number of amides is 1. The molecular formula is C19H22Cl2N4O. The van der Waals surface area contributed by atoms with E-state index in [0.29, 0.717) is 28.3 Å². The van der Waals surface area contributed by atoms with E-state index in [0.717, 1.165) is 30.9 Å². The molecule has 7 heteroatoms. The Morgan fingerprint density at radius 3 is 2.62 bits per heavy atom. The van der Waals surface area contributed by atoms with Crippen molar-refractivity contribution in [1.29, 1.82) is 0 Å². The number of H-pyrrole nitrogens is 1. The molecule has 0 radical (unpaired) electrons. The van der Waals surface area contributed by atoms with Crippen LogP contribution in [0.1, 0.15) is 24.1 Å². The molecule has 2 heterocycles. The van der Waals surface area contributed by atoms with E-state index in [1.54, 1.807) is 18.3 Å². The van der Waals surface area contributed by atoms with Gasteiger partial charge in [-0.3, -0.25) is 14.8 Å². The fraction of sp³-hybridized carbons (Fsp3) is 0.474. The number of hydrogen-bond donors (Lipinski definition) is 2. The third kappa shape index (κ3) is 3.90. The van der Waals surface area contributed by atoms with Gasteiger partial charge in [0, 0.05) is 37.6 Å². The second-order valence-electron chi connectivity index (χ2n) is 7.39. The fourth-order valence-corrected chi connectivity index (χ4v) is 4.69. The molecule has 4 rings (SSSR count). The normalized spacial score (nSPS) is 25.4. The number of likely N-dealkylation sites (tertiary alicyclic amines) is 1. The summed E-state index contributed by atoms with van der Waals surface area (Å²) in [7, 11) is 0. The highest BCUT2D eigenvalue weighted by molar-refractivity contribution is 6.42. The Bertz CT molecular complexity index is 766. The summed E-state index contributed by atoms with van der Waals surface area (Å²) in [6.45, 7) is 2.94. The van der Waals surface area contributed by atoms with Crippen molar-refractivity contribution in [2.45, 2.75) is 31.8 Å². The molecule has 0 spiro atoms. The van der Waals surface area contributed by atoms with Crippen LogP contribution in [0.5, 0.6) is 0 Å². The molecule has 1 saturated carbocycles. The molecule has 1 aliphatic carbocycles. The van der Waals surface area contributed by atoms with Crippen molar-refractivity contribution >= 4 is 29.1 Å². The van der Waals surface area contributed by atoms with Crippen molar-refractivity contribution in [3.05, 3.63) is 51.8 Å². The summed E-state index contributed by atoms with van der Waals surface area (Å²) in [6.07, 6.45) is 4.49. The zero-order valence-electron chi connectivity index (χ0n) is 14.4. The van der Waals surface area contributed by atoms with Crippen LogP contribution in [-0.4, -0.2) is 40.1 Å². The second-order valence-corrected chi connectivity index (χ2v) is 8.21. The summed E-state index contributed by atoms with van der Waals surface area (Å²) in [5.41, 5.74) is 2.03. The van der Waals surface area contributed by atoms with Crippen molar-refractivity contribution in [3.8, 4) is 0 Å². The van der Waals surface area contributed by atoms with E-state index < -0.39 is 0 Å². The van der Waals surface area contributed by atoms with Crippen LogP contribution in [0.2, 0.25) is 10.0 Å². The van der Waals surface area contributed by atoms with Crippen LogP contribution in [0.4, 0.5) is 0 Å². The maximum Gasteiger partial charge on any atom is 0.224 e. The van der Waals surface area contributed by atoms with Gasteiger partial charge in [-0.1, -0.05) is 29.3 Å². The zero-order valence-corrected chi connectivity index (χ0v) is 15.9. The Labute approximate surface area is 163 Å². The number of aromatic nitrogens is 2. The van der Waals surface area contributed by atoms with Crippen molar-refractivity contribution in [2.75, 3.05) is 13.1 Å². The van der Waals surface area contributed by atoms with Crippen molar-refractivity contribution < 1.29 is 4.79 Å². The monoisotopic (exact) mass is 392 g/mol. The average molecular weight is 393 g/mol. The molecule has 1 unspecified atom stereocenters. The van der Waals surface area contributed by atoms with Crippen LogP contribution in [0.25, 0.3) is 0 Å². The maximum absolute atomic E-state index is 12.5. The van der Waals surface area contributed by atoms with Crippen molar-refractivity contribution in [3.63, 3.8) is 0 Å². The molecule has 2 N–H and O–H groups in total. The topological polar surface area (TPSA) is 61.0 Å². The average Bonchev–Trinajstić information content (AvgIpc) is 3.17. The van der Waals surface area contributed by atoms with E-state index in [1.165, 1.54) is 12.8 Å². The standard InChI is InChI=1S/C19H22Cl2N4O/c20-16-4-1-12(7-17(16)21)8-18(26)23-19-13-2-3-14(19)10-25(9-13)11-15-5-6-22-24-15/h1,4-7,13-14,19H,2-3,8-11H2,(H,22,24)(H,23,26)/t13-,14+,19?. The Hall–Kier alpha value is -1.56. The van der Waals surface area contributed by atoms with Gasteiger partial charge in [0.2, 0.25) is 5.91 Å². The SMILES string of the molecule is O=C(Cc1ccc(Cl)c(Cl)c1)NC1[C@@H]2CC[C@H]1CN(Cc1ccn[nH]1)C2. The number of aromatic amines is 1. The van der Waals surface area contributed by atoms with E-state index in [4.69, 9.17) is 23.2 Å². The molecule has 138 valence electrons. The largest absolute Gasteiger partial charge is 0.352 e. The van der Waals surface area contributed by atoms with Crippen LogP contribution >= 0.6 is 23.2 Å². The van der Waals surface area contributed by atoms with Gasteiger partial charge in [-0.15, -0.1) is 0 Å². The molecular weight excluding hydrogens is 371 g/mol. The quantitative estimate of drug-likeness (QED) is 0.820. The number of nitrogens with zero attached hydrogens (tertiary/aromatic N) is 2. The molecule has 2 fully saturated rings. The van der Waals surface area contributed by atoms with Crippen molar-refractivity contribution in [2.24, 2.45) is 11.8 Å². The van der Waals surface area contributed by atoms with Gasteiger partial charge < -0.3 is 5.32 Å². The van der Waals surface area contributed by atoms with Crippen LogP contribution in [0.15, 0.2) is 30.5 Å². The maximum atomic E-state index is 12.5. The van der Waals surface area contributed by atoms with Gasteiger partial charge in [0.15, 0.2) is 0 Å². The van der Waals surface area contributed by atoms with Crippen LogP contribution < -0.4 is 5.32 Å². The highest BCUT2D eigenvalue weighted by atomic mass is 35.5. The molecule has 1 aromatic heterocycles. The summed E-state index contributed by atoms with van der Waals surface area (Å²) in [6, 6.07) is 7.67. The number of halogens is 2. The van der Waals surface area contributed by atoms with Gasteiger partial charge in [-0.2, -0.15) is 5.10 Å². The second kappa shape index (κ2) is 7.59. The zero-order chi connectivity index (χ0) is 18.1. The number of benzene rings is 1. The van der Waals surface area contributed by atoms with Crippen molar-refractivity contribution in [1.82, 2.24) is 20.4 Å². The molecule has 2 bridgehead atoms. The first-order chi connectivity index (χ1) is 12.6. The summed E-state index contributed by atoms with van der Waals surface area (Å²) in [4.78, 5) is 15.0. The number of carbonyl (C=O) groups is 1. The van der Waals surface area contributed by atoms with Crippen LogP contribution in [0, 0.1) is 11.8 Å². The lowest BCUT2D eigenvalue weighted by Crippen LogP contribution is -2.52.